The van der Waals surface area contributed by atoms with Gasteiger partial charge in [-0.2, -0.15) is 0 Å². The number of carbonyl (C=O) groups excluding carboxylic acids is 1. The van der Waals surface area contributed by atoms with E-state index in [1.165, 1.54) is 0 Å². The fourth-order valence-corrected chi connectivity index (χ4v) is 2.55. The first-order valence-electron chi connectivity index (χ1n) is 7.40. The number of carbonyl (C=O) groups is 1. The highest BCUT2D eigenvalue weighted by atomic mass is 35.5. The highest BCUT2D eigenvalue weighted by Crippen LogP contribution is 2.26. The molecule has 0 aromatic heterocycles. The van der Waals surface area contributed by atoms with Gasteiger partial charge in [0.2, 0.25) is 0 Å². The van der Waals surface area contributed by atoms with Crippen molar-refractivity contribution in [1.82, 2.24) is 0 Å². The van der Waals surface area contributed by atoms with E-state index in [1.54, 1.807) is 18.2 Å². The molecule has 0 saturated carbocycles. The predicted octanol–water partition coefficient (Wildman–Crippen LogP) is 5.41. The molecule has 3 nitrogen and oxygen atoms in total. The number of halogens is 2. The third-order valence-corrected chi connectivity index (χ3v) is 4.01. The molecule has 0 bridgehead atoms. The van der Waals surface area contributed by atoms with Gasteiger partial charge in [-0.15, -0.1) is 0 Å². The van der Waals surface area contributed by atoms with Gasteiger partial charge in [0.25, 0.3) is 5.91 Å². The van der Waals surface area contributed by atoms with Gasteiger partial charge in [0.05, 0.1) is 10.7 Å². The van der Waals surface area contributed by atoms with Crippen molar-refractivity contribution in [2.24, 2.45) is 0 Å². The average molecular weight is 352 g/mol. The molecule has 1 N–H and O–H groups in total. The van der Waals surface area contributed by atoms with Crippen LogP contribution >= 0.6 is 23.2 Å². The van der Waals surface area contributed by atoms with Crippen LogP contribution in [0.25, 0.3) is 0 Å². The summed E-state index contributed by atoms with van der Waals surface area (Å²) in [6.45, 7) is 5.87. The van der Waals surface area contributed by atoms with E-state index in [4.69, 9.17) is 27.9 Å². The number of ether oxygens (including phenoxy) is 1. The van der Waals surface area contributed by atoms with E-state index in [2.05, 4.69) is 5.32 Å². The van der Waals surface area contributed by atoms with Gasteiger partial charge in [0.15, 0.2) is 6.10 Å². The number of hydrogen-bond acceptors (Lipinski definition) is 2. The van der Waals surface area contributed by atoms with E-state index in [-0.39, 0.29) is 5.91 Å². The minimum atomic E-state index is -0.605. The van der Waals surface area contributed by atoms with Crippen LogP contribution in [0.5, 0.6) is 5.75 Å². The lowest BCUT2D eigenvalue weighted by molar-refractivity contribution is -0.122. The number of benzene rings is 2. The van der Waals surface area contributed by atoms with E-state index >= 15 is 0 Å². The van der Waals surface area contributed by atoms with E-state index in [1.807, 2.05) is 39.0 Å². The SMILES string of the molecule is CCC(Oc1ccc(C)cc1C)C(=O)Nc1cc(Cl)ccc1Cl. The molecule has 0 aliphatic carbocycles. The molecule has 2 aromatic rings. The molecule has 1 atom stereocenters. The summed E-state index contributed by atoms with van der Waals surface area (Å²) in [4.78, 5) is 12.5. The number of amides is 1. The van der Waals surface area contributed by atoms with Gasteiger partial charge in [-0.25, -0.2) is 0 Å². The first-order chi connectivity index (χ1) is 10.9. The van der Waals surface area contributed by atoms with Crippen molar-refractivity contribution in [2.45, 2.75) is 33.3 Å². The molecule has 1 amide bonds. The minimum Gasteiger partial charge on any atom is -0.480 e. The zero-order chi connectivity index (χ0) is 17.0. The Balaban J connectivity index is 2.13. The lowest BCUT2D eigenvalue weighted by atomic mass is 10.1. The molecule has 0 heterocycles. The van der Waals surface area contributed by atoms with Gasteiger partial charge in [-0.1, -0.05) is 47.8 Å². The number of nitrogens with one attached hydrogen (secondary N) is 1. The second kappa shape index (κ2) is 7.71. The van der Waals surface area contributed by atoms with Crippen LogP contribution in [0, 0.1) is 13.8 Å². The number of aryl methyl sites for hydroxylation is 2. The normalized spacial score (nSPS) is 11.9. The maximum atomic E-state index is 12.5. The average Bonchev–Trinajstić information content (AvgIpc) is 2.50. The summed E-state index contributed by atoms with van der Waals surface area (Å²) in [6.07, 6.45) is -0.0661. The van der Waals surface area contributed by atoms with Crippen LogP contribution in [0.1, 0.15) is 24.5 Å². The van der Waals surface area contributed by atoms with Crippen LogP contribution in [-0.2, 0) is 4.79 Å². The van der Waals surface area contributed by atoms with E-state index in [0.29, 0.717) is 27.9 Å². The summed E-state index contributed by atoms with van der Waals surface area (Å²) in [7, 11) is 0. The zero-order valence-electron chi connectivity index (χ0n) is 13.3. The van der Waals surface area contributed by atoms with Gasteiger partial charge < -0.3 is 10.1 Å². The summed E-state index contributed by atoms with van der Waals surface area (Å²) in [6, 6.07) is 10.8. The maximum Gasteiger partial charge on any atom is 0.265 e. The van der Waals surface area contributed by atoms with Gasteiger partial charge >= 0.3 is 0 Å². The fraction of sp³-hybridized carbons (Fsp3) is 0.278. The van der Waals surface area contributed by atoms with Crippen LogP contribution < -0.4 is 10.1 Å². The number of hydrogen-bond donors (Lipinski definition) is 1. The molecule has 122 valence electrons. The van der Waals surface area contributed by atoms with E-state index in [0.717, 1.165) is 11.1 Å². The lowest BCUT2D eigenvalue weighted by Gasteiger charge is -2.19. The van der Waals surface area contributed by atoms with Crippen molar-refractivity contribution < 1.29 is 9.53 Å². The van der Waals surface area contributed by atoms with Gasteiger partial charge in [-0.05, 0) is 50.1 Å². The van der Waals surface area contributed by atoms with Crippen LogP contribution in [0.15, 0.2) is 36.4 Å². The summed E-state index contributed by atoms with van der Waals surface area (Å²) >= 11 is 12.0. The van der Waals surface area contributed by atoms with Crippen molar-refractivity contribution in [2.75, 3.05) is 5.32 Å². The third-order valence-electron chi connectivity index (χ3n) is 3.45. The van der Waals surface area contributed by atoms with Crippen molar-refractivity contribution in [3.8, 4) is 5.75 Å². The monoisotopic (exact) mass is 351 g/mol. The molecule has 2 aromatic carbocycles. The highest BCUT2D eigenvalue weighted by Gasteiger charge is 2.20. The van der Waals surface area contributed by atoms with Crippen LogP contribution in [-0.4, -0.2) is 12.0 Å². The first kappa shape index (κ1) is 17.6. The lowest BCUT2D eigenvalue weighted by Crippen LogP contribution is -2.32. The van der Waals surface area contributed by atoms with E-state index < -0.39 is 6.10 Å². The van der Waals surface area contributed by atoms with Crippen molar-refractivity contribution in [1.29, 1.82) is 0 Å². The quantitative estimate of drug-likeness (QED) is 0.782. The molecule has 5 heteroatoms. The number of anilines is 1. The summed E-state index contributed by atoms with van der Waals surface area (Å²) in [5, 5.41) is 3.71. The van der Waals surface area contributed by atoms with Crippen LogP contribution in [0.4, 0.5) is 5.69 Å². The standard InChI is InChI=1S/C18H19Cl2NO2/c1-4-16(23-17-8-5-11(2)9-12(17)3)18(22)21-15-10-13(19)6-7-14(15)20/h5-10,16H,4H2,1-3H3,(H,21,22). The van der Waals surface area contributed by atoms with Gasteiger partial charge in [0, 0.05) is 5.02 Å². The largest absolute Gasteiger partial charge is 0.480 e. The molecule has 23 heavy (non-hydrogen) atoms. The predicted molar refractivity (Wildman–Crippen MR) is 95.7 cm³/mol. The Morgan fingerprint density at radius 2 is 1.91 bits per heavy atom. The first-order valence-corrected chi connectivity index (χ1v) is 8.16. The molecule has 0 aliphatic rings. The zero-order valence-corrected chi connectivity index (χ0v) is 14.8. The second-order valence-electron chi connectivity index (χ2n) is 5.40. The molecule has 0 spiro atoms. The van der Waals surface area contributed by atoms with Crippen molar-refractivity contribution in [3.05, 3.63) is 57.6 Å². The highest BCUT2D eigenvalue weighted by molar-refractivity contribution is 6.35. The Hall–Kier alpha value is -1.71. The maximum absolute atomic E-state index is 12.5. The van der Waals surface area contributed by atoms with Crippen LogP contribution in [0.3, 0.4) is 0 Å². The Kier molecular flexibility index (Phi) is 5.91. The summed E-state index contributed by atoms with van der Waals surface area (Å²) in [5.74, 6) is 0.450. The summed E-state index contributed by atoms with van der Waals surface area (Å²) < 4.78 is 5.87. The molecule has 0 radical (unpaired) electrons. The third kappa shape index (κ3) is 4.63. The van der Waals surface area contributed by atoms with Crippen molar-refractivity contribution in [3.63, 3.8) is 0 Å². The molecule has 0 saturated heterocycles. The van der Waals surface area contributed by atoms with Gasteiger partial charge in [-0.3, -0.25) is 4.79 Å². The Bertz CT molecular complexity index is 716. The smallest absolute Gasteiger partial charge is 0.265 e. The topological polar surface area (TPSA) is 38.3 Å². The molecule has 0 aliphatic heterocycles. The molecule has 1 unspecified atom stereocenters. The second-order valence-corrected chi connectivity index (χ2v) is 6.24. The Labute approximate surface area is 146 Å². The van der Waals surface area contributed by atoms with E-state index in [9.17, 15) is 4.79 Å². The number of rotatable bonds is 5. The minimum absolute atomic E-state index is 0.253. The van der Waals surface area contributed by atoms with Crippen LogP contribution in [0.2, 0.25) is 10.0 Å². The molecule has 0 fully saturated rings. The summed E-state index contributed by atoms with van der Waals surface area (Å²) in [5.41, 5.74) is 2.63. The molecule has 2 rings (SSSR count). The van der Waals surface area contributed by atoms with Crippen molar-refractivity contribution >= 4 is 34.8 Å². The molecular formula is C18H19Cl2NO2. The molecular weight excluding hydrogens is 333 g/mol. The Morgan fingerprint density at radius 3 is 2.57 bits per heavy atom. The fourth-order valence-electron chi connectivity index (χ4n) is 2.21. The van der Waals surface area contributed by atoms with Gasteiger partial charge in [0.1, 0.15) is 5.75 Å². The Morgan fingerprint density at radius 1 is 1.17 bits per heavy atom.